The molecule has 1 aliphatic heterocycles. The van der Waals surface area contributed by atoms with Crippen molar-refractivity contribution in [2.75, 3.05) is 19.7 Å². The summed E-state index contributed by atoms with van der Waals surface area (Å²) in [5.41, 5.74) is 1.07. The van der Waals surface area contributed by atoms with E-state index >= 15 is 0 Å². The van der Waals surface area contributed by atoms with Gasteiger partial charge in [0.15, 0.2) is 6.39 Å². The minimum absolute atomic E-state index is 0.328. The van der Waals surface area contributed by atoms with E-state index in [1.807, 2.05) is 0 Å². The third-order valence-electron chi connectivity index (χ3n) is 3.54. The number of nitrogens with zero attached hydrogens (tertiary/aromatic N) is 2. The fourth-order valence-corrected chi connectivity index (χ4v) is 2.41. The summed E-state index contributed by atoms with van der Waals surface area (Å²) in [4.78, 5) is 6.71. The Kier molecular flexibility index (Phi) is 4.18. The molecule has 1 saturated heterocycles. The molecule has 0 aliphatic carbocycles. The van der Waals surface area contributed by atoms with Crippen molar-refractivity contribution in [1.82, 2.24) is 9.88 Å². The number of rotatable bonds is 4. The van der Waals surface area contributed by atoms with Gasteiger partial charge < -0.3 is 9.52 Å². The first-order valence-electron chi connectivity index (χ1n) is 6.46. The number of aromatic nitrogens is 1. The highest BCUT2D eigenvalue weighted by Gasteiger charge is 2.21. The van der Waals surface area contributed by atoms with Crippen LogP contribution in [0.15, 0.2) is 10.8 Å². The summed E-state index contributed by atoms with van der Waals surface area (Å²) >= 11 is 0. The third-order valence-corrected chi connectivity index (χ3v) is 3.54. The molecule has 0 saturated carbocycles. The van der Waals surface area contributed by atoms with Crippen LogP contribution in [0.1, 0.15) is 44.1 Å². The smallest absolute Gasteiger partial charge is 0.181 e. The van der Waals surface area contributed by atoms with Gasteiger partial charge in [-0.25, -0.2) is 4.98 Å². The second-order valence-corrected chi connectivity index (χ2v) is 5.22. The summed E-state index contributed by atoms with van der Waals surface area (Å²) in [6.45, 7) is 7.56. The van der Waals surface area contributed by atoms with Crippen LogP contribution < -0.4 is 0 Å². The average molecular weight is 238 g/mol. The van der Waals surface area contributed by atoms with E-state index in [9.17, 15) is 0 Å². The molecule has 1 aromatic heterocycles. The Morgan fingerprint density at radius 3 is 2.76 bits per heavy atom. The Bertz CT molecular complexity index is 341. The molecule has 0 spiro atoms. The zero-order chi connectivity index (χ0) is 12.3. The first-order valence-corrected chi connectivity index (χ1v) is 6.46. The molecule has 0 atom stereocenters. The third kappa shape index (κ3) is 3.07. The van der Waals surface area contributed by atoms with Gasteiger partial charge in [0.1, 0.15) is 5.76 Å². The van der Waals surface area contributed by atoms with Crippen LogP contribution in [0, 0.1) is 5.92 Å². The predicted molar refractivity (Wildman–Crippen MR) is 65.7 cm³/mol. The predicted octanol–water partition coefficient (Wildman–Crippen LogP) is 2.00. The van der Waals surface area contributed by atoms with Crippen LogP contribution in [0.4, 0.5) is 0 Å². The average Bonchev–Trinajstić information content (AvgIpc) is 2.78. The van der Waals surface area contributed by atoms with Crippen molar-refractivity contribution in [3.05, 3.63) is 17.8 Å². The zero-order valence-electron chi connectivity index (χ0n) is 10.7. The van der Waals surface area contributed by atoms with Crippen LogP contribution in [-0.4, -0.2) is 34.7 Å². The van der Waals surface area contributed by atoms with Crippen molar-refractivity contribution in [2.24, 2.45) is 5.92 Å². The highest BCUT2D eigenvalue weighted by Crippen LogP contribution is 2.22. The zero-order valence-corrected chi connectivity index (χ0v) is 10.7. The van der Waals surface area contributed by atoms with Gasteiger partial charge in [-0.05, 0) is 31.8 Å². The number of hydrogen-bond donors (Lipinski definition) is 1. The van der Waals surface area contributed by atoms with Gasteiger partial charge in [0.25, 0.3) is 0 Å². The minimum Gasteiger partial charge on any atom is -0.448 e. The summed E-state index contributed by atoms with van der Waals surface area (Å²) in [7, 11) is 0. The maximum absolute atomic E-state index is 9.10. The molecule has 4 nitrogen and oxygen atoms in total. The molecule has 1 aliphatic rings. The Labute approximate surface area is 103 Å². The standard InChI is InChI=1S/C13H22N2O2/c1-10(2)13-12(14-9-17-13)7-15-5-3-11(8-16)4-6-15/h9-11,16H,3-8H2,1-2H3. The number of oxazole rings is 1. The quantitative estimate of drug-likeness (QED) is 0.871. The van der Waals surface area contributed by atoms with Gasteiger partial charge in [-0.3, -0.25) is 4.90 Å². The SMILES string of the molecule is CC(C)c1ocnc1CN1CCC(CO)CC1. The molecule has 4 heteroatoms. The van der Waals surface area contributed by atoms with Crippen molar-refractivity contribution in [3.63, 3.8) is 0 Å². The lowest BCUT2D eigenvalue weighted by Gasteiger charge is -2.30. The van der Waals surface area contributed by atoms with Gasteiger partial charge in [0.05, 0.1) is 5.69 Å². The van der Waals surface area contributed by atoms with Crippen LogP contribution in [0.5, 0.6) is 0 Å². The first-order chi connectivity index (χ1) is 8.20. The van der Waals surface area contributed by atoms with Gasteiger partial charge in [-0.15, -0.1) is 0 Å². The first kappa shape index (κ1) is 12.6. The fourth-order valence-electron chi connectivity index (χ4n) is 2.41. The Hall–Kier alpha value is -0.870. The molecule has 1 fully saturated rings. The molecule has 0 bridgehead atoms. The van der Waals surface area contributed by atoms with E-state index < -0.39 is 0 Å². The molecule has 0 radical (unpaired) electrons. The highest BCUT2D eigenvalue weighted by atomic mass is 16.3. The van der Waals surface area contributed by atoms with Gasteiger partial charge in [0, 0.05) is 19.1 Å². The van der Waals surface area contributed by atoms with Crippen molar-refractivity contribution >= 4 is 0 Å². The second kappa shape index (κ2) is 5.65. The van der Waals surface area contributed by atoms with Crippen molar-refractivity contribution in [1.29, 1.82) is 0 Å². The van der Waals surface area contributed by atoms with Gasteiger partial charge in [0.2, 0.25) is 0 Å². The number of piperidine rings is 1. The van der Waals surface area contributed by atoms with Crippen molar-refractivity contribution in [3.8, 4) is 0 Å². The number of aliphatic hydroxyl groups is 1. The van der Waals surface area contributed by atoms with Crippen LogP contribution in [0.3, 0.4) is 0 Å². The van der Waals surface area contributed by atoms with Crippen molar-refractivity contribution < 1.29 is 9.52 Å². The molecule has 0 aromatic carbocycles. The molecule has 96 valence electrons. The fraction of sp³-hybridized carbons (Fsp3) is 0.769. The van der Waals surface area contributed by atoms with E-state index in [1.54, 1.807) is 6.39 Å². The summed E-state index contributed by atoms with van der Waals surface area (Å²) in [5, 5.41) is 9.10. The Morgan fingerprint density at radius 2 is 2.18 bits per heavy atom. The molecular formula is C13H22N2O2. The lowest BCUT2D eigenvalue weighted by molar-refractivity contribution is 0.126. The van der Waals surface area contributed by atoms with Crippen LogP contribution >= 0.6 is 0 Å². The molecule has 2 rings (SSSR count). The van der Waals surface area contributed by atoms with E-state index in [0.29, 0.717) is 18.4 Å². The highest BCUT2D eigenvalue weighted by molar-refractivity contribution is 5.11. The van der Waals surface area contributed by atoms with Gasteiger partial charge in [-0.1, -0.05) is 13.8 Å². The van der Waals surface area contributed by atoms with Gasteiger partial charge in [-0.2, -0.15) is 0 Å². The topological polar surface area (TPSA) is 49.5 Å². The summed E-state index contributed by atoms with van der Waals surface area (Å²) in [6.07, 6.45) is 3.72. The Morgan fingerprint density at radius 1 is 1.47 bits per heavy atom. The van der Waals surface area contributed by atoms with E-state index in [2.05, 4.69) is 23.7 Å². The van der Waals surface area contributed by atoms with Crippen LogP contribution in [0.25, 0.3) is 0 Å². The molecule has 2 heterocycles. The Balaban J connectivity index is 1.91. The molecule has 1 N–H and O–H groups in total. The monoisotopic (exact) mass is 238 g/mol. The molecule has 0 unspecified atom stereocenters. The van der Waals surface area contributed by atoms with E-state index in [-0.39, 0.29) is 0 Å². The molecule has 0 amide bonds. The largest absolute Gasteiger partial charge is 0.448 e. The maximum Gasteiger partial charge on any atom is 0.181 e. The van der Waals surface area contributed by atoms with Crippen LogP contribution in [-0.2, 0) is 6.54 Å². The molecular weight excluding hydrogens is 216 g/mol. The lowest BCUT2D eigenvalue weighted by atomic mass is 9.97. The summed E-state index contributed by atoms with van der Waals surface area (Å²) in [6, 6.07) is 0. The van der Waals surface area contributed by atoms with E-state index in [1.165, 1.54) is 0 Å². The molecule has 17 heavy (non-hydrogen) atoms. The maximum atomic E-state index is 9.10. The number of aliphatic hydroxyl groups excluding tert-OH is 1. The number of hydrogen-bond acceptors (Lipinski definition) is 4. The lowest BCUT2D eigenvalue weighted by Crippen LogP contribution is -2.34. The van der Waals surface area contributed by atoms with Gasteiger partial charge >= 0.3 is 0 Å². The van der Waals surface area contributed by atoms with Crippen molar-refractivity contribution in [2.45, 2.75) is 39.2 Å². The second-order valence-electron chi connectivity index (χ2n) is 5.22. The normalized spacial score (nSPS) is 19.1. The van der Waals surface area contributed by atoms with E-state index in [0.717, 1.165) is 43.9 Å². The minimum atomic E-state index is 0.328. The summed E-state index contributed by atoms with van der Waals surface area (Å²) in [5.74, 6) is 1.89. The van der Waals surface area contributed by atoms with Crippen LogP contribution in [0.2, 0.25) is 0 Å². The number of likely N-dealkylation sites (tertiary alicyclic amines) is 1. The summed E-state index contributed by atoms with van der Waals surface area (Å²) < 4.78 is 5.43. The molecule has 1 aromatic rings. The van der Waals surface area contributed by atoms with E-state index in [4.69, 9.17) is 9.52 Å².